The minimum absolute atomic E-state index is 0.874. The summed E-state index contributed by atoms with van der Waals surface area (Å²) in [6, 6.07) is 7.79. The first kappa shape index (κ1) is 8.87. The van der Waals surface area contributed by atoms with Crippen molar-refractivity contribution < 1.29 is 4.74 Å². The highest BCUT2D eigenvalue weighted by Gasteiger charge is 1.93. The van der Waals surface area contributed by atoms with Gasteiger partial charge in [-0.15, -0.1) is 0 Å². The van der Waals surface area contributed by atoms with E-state index in [1.807, 2.05) is 43.4 Å². The van der Waals surface area contributed by atoms with Crippen LogP contribution in [-0.4, -0.2) is 26.2 Å². The van der Waals surface area contributed by atoms with Gasteiger partial charge in [0.25, 0.3) is 0 Å². The lowest BCUT2D eigenvalue weighted by Crippen LogP contribution is -2.19. The van der Waals surface area contributed by atoms with Crippen LogP contribution >= 0.6 is 0 Å². The average Bonchev–Trinajstić information content (AvgIpc) is 2.05. The quantitative estimate of drug-likeness (QED) is 0.690. The van der Waals surface area contributed by atoms with Crippen LogP contribution in [0.3, 0.4) is 0 Å². The zero-order valence-electron chi connectivity index (χ0n) is 7.66. The summed E-state index contributed by atoms with van der Waals surface area (Å²) in [5.41, 5.74) is 4.19. The number of benzene rings is 1. The van der Waals surface area contributed by atoms with Gasteiger partial charge in [-0.25, -0.2) is 5.01 Å². The van der Waals surface area contributed by atoms with E-state index in [9.17, 15) is 0 Å². The van der Waals surface area contributed by atoms with Gasteiger partial charge >= 0.3 is 0 Å². The number of methoxy groups -OCH3 is 1. The van der Waals surface area contributed by atoms with Gasteiger partial charge in [-0.1, -0.05) is 0 Å². The highest BCUT2D eigenvalue weighted by molar-refractivity contribution is 5.45. The lowest BCUT2D eigenvalue weighted by Gasteiger charge is -2.13. The molecule has 1 rings (SSSR count). The topological polar surface area (TPSA) is 24.5 Å². The lowest BCUT2D eigenvalue weighted by molar-refractivity contribution is 0.414. The maximum absolute atomic E-state index is 5.03. The van der Waals surface area contributed by atoms with Crippen molar-refractivity contribution >= 4 is 5.69 Å². The number of hydrogen-bond acceptors (Lipinski definition) is 3. The molecule has 0 saturated carbocycles. The molecule has 0 unspecified atom stereocenters. The number of nitrogens with one attached hydrogen (secondary N) is 1. The molecule has 1 aromatic carbocycles. The zero-order valence-corrected chi connectivity index (χ0v) is 7.66. The molecule has 0 atom stereocenters. The summed E-state index contributed by atoms with van der Waals surface area (Å²) in [5, 5.41) is 1.89. The summed E-state index contributed by atoms with van der Waals surface area (Å²) < 4.78 is 5.03. The van der Waals surface area contributed by atoms with Crippen molar-refractivity contribution in [3.05, 3.63) is 24.3 Å². The largest absolute Gasteiger partial charge is 0.497 e. The summed E-state index contributed by atoms with van der Waals surface area (Å²) >= 11 is 0. The Morgan fingerprint density at radius 3 is 2.17 bits per heavy atom. The van der Waals surface area contributed by atoms with E-state index in [1.54, 1.807) is 7.11 Å². The van der Waals surface area contributed by atoms with Crippen molar-refractivity contribution in [2.45, 2.75) is 0 Å². The van der Waals surface area contributed by atoms with Gasteiger partial charge in [0, 0.05) is 19.8 Å². The molecule has 0 heterocycles. The molecule has 0 aliphatic heterocycles. The Balaban J connectivity index is 2.65. The molecule has 1 aromatic rings. The second-order valence-corrected chi connectivity index (χ2v) is 2.73. The summed E-state index contributed by atoms with van der Waals surface area (Å²) in [5.74, 6) is 0.874. The first-order valence-electron chi connectivity index (χ1n) is 3.80. The molecule has 0 aliphatic rings. The Kier molecular flexibility index (Phi) is 2.94. The Bertz CT molecular complexity index is 231. The molecule has 0 radical (unpaired) electrons. The number of rotatable bonds is 3. The van der Waals surface area contributed by atoms with Gasteiger partial charge in [0.05, 0.1) is 7.11 Å². The molecule has 0 fully saturated rings. The number of hydrazine groups is 1. The van der Waals surface area contributed by atoms with Gasteiger partial charge in [0.1, 0.15) is 5.75 Å². The van der Waals surface area contributed by atoms with Crippen LogP contribution in [0.25, 0.3) is 0 Å². The smallest absolute Gasteiger partial charge is 0.119 e. The molecule has 0 aliphatic carbocycles. The van der Waals surface area contributed by atoms with Crippen molar-refractivity contribution in [3.8, 4) is 5.75 Å². The van der Waals surface area contributed by atoms with E-state index in [2.05, 4.69) is 5.43 Å². The van der Waals surface area contributed by atoms with Gasteiger partial charge in [-0.3, -0.25) is 0 Å². The molecule has 3 heteroatoms. The SMILES string of the molecule is COc1ccc(NN(C)C)cc1. The van der Waals surface area contributed by atoms with Crippen molar-refractivity contribution in [1.82, 2.24) is 5.01 Å². The number of ether oxygens (including phenoxy) is 1. The van der Waals surface area contributed by atoms with Crippen molar-refractivity contribution in [3.63, 3.8) is 0 Å². The monoisotopic (exact) mass is 166 g/mol. The van der Waals surface area contributed by atoms with Crippen molar-refractivity contribution in [2.24, 2.45) is 0 Å². The minimum Gasteiger partial charge on any atom is -0.497 e. The standard InChI is InChI=1S/C9H14N2O/c1-11(2)10-8-4-6-9(12-3)7-5-8/h4-7,10H,1-3H3. The fraction of sp³-hybridized carbons (Fsp3) is 0.333. The Morgan fingerprint density at radius 2 is 1.75 bits per heavy atom. The highest BCUT2D eigenvalue weighted by atomic mass is 16.5. The third kappa shape index (κ3) is 2.43. The molecule has 0 saturated heterocycles. The molecule has 3 nitrogen and oxygen atoms in total. The lowest BCUT2D eigenvalue weighted by atomic mass is 10.3. The number of hydrogen-bond donors (Lipinski definition) is 1. The second kappa shape index (κ2) is 3.97. The number of nitrogens with zero attached hydrogens (tertiary/aromatic N) is 1. The van der Waals surface area contributed by atoms with E-state index >= 15 is 0 Å². The van der Waals surface area contributed by atoms with Crippen LogP contribution in [0.1, 0.15) is 0 Å². The summed E-state index contributed by atoms with van der Waals surface area (Å²) in [6.07, 6.45) is 0. The maximum Gasteiger partial charge on any atom is 0.119 e. The Labute approximate surface area is 72.9 Å². The van der Waals surface area contributed by atoms with E-state index < -0.39 is 0 Å². The van der Waals surface area contributed by atoms with Gasteiger partial charge < -0.3 is 10.2 Å². The summed E-state index contributed by atoms with van der Waals surface area (Å²) in [6.45, 7) is 0. The highest BCUT2D eigenvalue weighted by Crippen LogP contribution is 2.14. The summed E-state index contributed by atoms with van der Waals surface area (Å²) in [7, 11) is 5.56. The number of anilines is 1. The van der Waals surface area contributed by atoms with Crippen LogP contribution in [-0.2, 0) is 0 Å². The molecule has 12 heavy (non-hydrogen) atoms. The fourth-order valence-corrected chi connectivity index (χ4v) is 0.924. The maximum atomic E-state index is 5.03. The van der Waals surface area contributed by atoms with Gasteiger partial charge in [0.15, 0.2) is 0 Å². The van der Waals surface area contributed by atoms with Crippen LogP contribution in [0.2, 0.25) is 0 Å². The van der Waals surface area contributed by atoms with Gasteiger partial charge in [-0.2, -0.15) is 0 Å². The van der Waals surface area contributed by atoms with Crippen molar-refractivity contribution in [2.75, 3.05) is 26.6 Å². The van der Waals surface area contributed by atoms with E-state index in [-0.39, 0.29) is 0 Å². The first-order valence-corrected chi connectivity index (χ1v) is 3.80. The molecule has 0 amide bonds. The summed E-state index contributed by atoms with van der Waals surface area (Å²) in [4.78, 5) is 0. The van der Waals surface area contributed by atoms with E-state index in [0.717, 1.165) is 11.4 Å². The molecule has 0 spiro atoms. The third-order valence-corrected chi connectivity index (χ3v) is 1.44. The minimum atomic E-state index is 0.874. The second-order valence-electron chi connectivity index (χ2n) is 2.73. The Morgan fingerprint density at radius 1 is 1.17 bits per heavy atom. The van der Waals surface area contributed by atoms with Crippen molar-refractivity contribution in [1.29, 1.82) is 0 Å². The van der Waals surface area contributed by atoms with Crippen LogP contribution in [0.5, 0.6) is 5.75 Å². The molecule has 1 N–H and O–H groups in total. The molecular formula is C9H14N2O. The molecule has 0 bridgehead atoms. The Hall–Kier alpha value is -1.22. The van der Waals surface area contributed by atoms with E-state index in [4.69, 9.17) is 4.74 Å². The van der Waals surface area contributed by atoms with Crippen LogP contribution in [0.4, 0.5) is 5.69 Å². The van der Waals surface area contributed by atoms with Gasteiger partial charge in [-0.05, 0) is 24.3 Å². The fourth-order valence-electron chi connectivity index (χ4n) is 0.924. The third-order valence-electron chi connectivity index (χ3n) is 1.44. The average molecular weight is 166 g/mol. The van der Waals surface area contributed by atoms with Gasteiger partial charge in [0.2, 0.25) is 0 Å². The molecule has 0 aromatic heterocycles. The first-order chi connectivity index (χ1) is 5.72. The predicted molar refractivity (Wildman–Crippen MR) is 50.3 cm³/mol. The molecular weight excluding hydrogens is 152 g/mol. The van der Waals surface area contributed by atoms with Crippen LogP contribution in [0, 0.1) is 0 Å². The predicted octanol–water partition coefficient (Wildman–Crippen LogP) is 1.58. The normalized spacial score (nSPS) is 10.0. The van der Waals surface area contributed by atoms with E-state index in [1.165, 1.54) is 0 Å². The van der Waals surface area contributed by atoms with E-state index in [0.29, 0.717) is 0 Å². The molecule has 66 valence electrons. The van der Waals surface area contributed by atoms with Crippen LogP contribution < -0.4 is 10.2 Å². The zero-order chi connectivity index (χ0) is 8.97. The van der Waals surface area contributed by atoms with Crippen LogP contribution in [0.15, 0.2) is 24.3 Å².